The van der Waals surface area contributed by atoms with E-state index in [0.29, 0.717) is 18.8 Å². The van der Waals surface area contributed by atoms with Crippen LogP contribution in [0.25, 0.3) is 29.4 Å². The zero-order valence-electron chi connectivity index (χ0n) is 46.7. The Balaban J connectivity index is 1.35. The zero-order valence-corrected chi connectivity index (χ0v) is 49.5. The molecule has 10 heteroatoms. The maximum Gasteiger partial charge on any atom is 0.192 e. The van der Waals surface area contributed by atoms with Crippen molar-refractivity contribution in [3.8, 4) is 29.3 Å². The minimum atomic E-state index is -1.89. The van der Waals surface area contributed by atoms with Crippen molar-refractivity contribution in [1.29, 1.82) is 15.8 Å². The van der Waals surface area contributed by atoms with Crippen molar-refractivity contribution in [1.82, 2.24) is 0 Å². The Labute approximate surface area is 451 Å². The molecule has 1 aliphatic heterocycles. The van der Waals surface area contributed by atoms with Crippen LogP contribution in [-0.4, -0.2) is 42.9 Å². The van der Waals surface area contributed by atoms with Gasteiger partial charge in [-0.15, -0.1) is 11.3 Å². The van der Waals surface area contributed by atoms with Gasteiger partial charge in [0.15, 0.2) is 33.6 Å². The fraction of sp³-hybridized carbons (Fsp3) is 0.453. The maximum absolute atomic E-state index is 10.9. The monoisotopic (exact) mass is 1040 g/mol. The van der Waals surface area contributed by atoms with Gasteiger partial charge in [-0.25, -0.2) is 0 Å². The van der Waals surface area contributed by atoms with Crippen molar-refractivity contribution in [3.05, 3.63) is 151 Å². The fourth-order valence-electron chi connectivity index (χ4n) is 9.47. The Bertz CT molecular complexity index is 2770. The number of ether oxygens (including phenoxy) is 1. The molecule has 2 heterocycles. The van der Waals surface area contributed by atoms with Gasteiger partial charge in [-0.05, 0) is 114 Å². The van der Waals surface area contributed by atoms with Crippen LogP contribution in [0.2, 0.25) is 36.3 Å². The summed E-state index contributed by atoms with van der Waals surface area (Å²) in [6, 6.07) is 31.5. The Morgan fingerprint density at radius 3 is 1.59 bits per heavy atom. The number of hydrogen-bond donors (Lipinski definition) is 0. The van der Waals surface area contributed by atoms with E-state index >= 15 is 0 Å². The van der Waals surface area contributed by atoms with Gasteiger partial charge < -0.3 is 18.5 Å². The van der Waals surface area contributed by atoms with Gasteiger partial charge in [0, 0.05) is 45.2 Å². The number of nitrogens with zero attached hydrogens (tertiary/aromatic N) is 4. The minimum Gasteiger partial charge on any atom is -0.469 e. The number of nitriles is 3. The summed E-state index contributed by atoms with van der Waals surface area (Å²) in [6.45, 7) is 30.6. The predicted octanol–water partition coefficient (Wildman–Crippen LogP) is 17.7. The molecule has 390 valence electrons. The number of fused-ring (bicyclic) bond motifs is 5. The first kappa shape index (κ1) is 57.8. The number of rotatable bonds is 24. The van der Waals surface area contributed by atoms with Gasteiger partial charge in [-0.2, -0.15) is 15.8 Å². The third-order valence-electron chi connectivity index (χ3n) is 15.9. The molecule has 1 spiro atoms. The smallest absolute Gasteiger partial charge is 0.192 e. The molecule has 2 aliphatic rings. The molecule has 6 rings (SSSR count). The summed E-state index contributed by atoms with van der Waals surface area (Å²) in [4.78, 5) is 4.84. The van der Waals surface area contributed by atoms with E-state index in [4.69, 9.17) is 13.6 Å². The molecule has 4 aromatic rings. The summed E-state index contributed by atoms with van der Waals surface area (Å²) in [5.41, 5.74) is 8.32. The molecule has 1 aromatic heterocycles. The highest BCUT2D eigenvalue weighted by Gasteiger charge is 2.54. The first-order valence-electron chi connectivity index (χ1n) is 27.2. The number of hydrogen-bond acceptors (Lipinski definition) is 8. The third kappa shape index (κ3) is 13.1. The SMILES string of the molecule is CCCCCCc1c(/C=C/C=C/c2ccc(N(CCO[Si](C)(C)C(C)(C)C)CCO[Si](C)(C)C(C)(C)C)cc2)sc(/C=C/C2=C(C#N)C(=C(C#N)C#N)OC23c2ccccc2-c2ccccc23)c1CCCCCC. The number of benzene rings is 3. The molecular weight excluding hydrogens is 961 g/mol. The standard InChI is InChI=1S/C64H82N4O3SSi2/c1-13-15-17-19-30-53-54(31-20-18-16-14-2)60(40-39-58-55(47-67)61(49(45-65)46-66)71-64(58)56-32-24-22-28-51(56)52-29-23-25-33-57(52)64)72-59(53)34-26-21-27-48-35-37-50(38-36-48)68(41-43-69-73(9,10)62(3,4)5)42-44-70-74(11,12)63(6,7)8/h21-29,32-40H,13-20,30-31,41-44H2,1-12H3/b27-21+,34-26+,40-39+. The minimum absolute atomic E-state index is 0.0343. The van der Waals surface area contributed by atoms with Crippen molar-refractivity contribution in [2.24, 2.45) is 0 Å². The summed E-state index contributed by atoms with van der Waals surface area (Å²) in [7, 11) is -3.78. The number of thiophene rings is 1. The zero-order chi connectivity index (χ0) is 53.7. The van der Waals surface area contributed by atoms with E-state index < -0.39 is 22.2 Å². The molecule has 0 fully saturated rings. The predicted molar refractivity (Wildman–Crippen MR) is 317 cm³/mol. The van der Waals surface area contributed by atoms with Gasteiger partial charge in [0.2, 0.25) is 0 Å². The van der Waals surface area contributed by atoms with Gasteiger partial charge >= 0.3 is 0 Å². The van der Waals surface area contributed by atoms with Gasteiger partial charge in [-0.3, -0.25) is 0 Å². The molecule has 1 aliphatic carbocycles. The van der Waals surface area contributed by atoms with Crippen molar-refractivity contribution < 1.29 is 13.6 Å². The first-order valence-corrected chi connectivity index (χ1v) is 33.8. The molecule has 0 radical (unpaired) electrons. The van der Waals surface area contributed by atoms with E-state index in [1.54, 1.807) is 11.3 Å². The van der Waals surface area contributed by atoms with E-state index in [9.17, 15) is 15.8 Å². The second-order valence-corrected chi connectivity index (χ2v) is 33.7. The quantitative estimate of drug-likeness (QED) is 0.0298. The Morgan fingerprint density at radius 2 is 1.12 bits per heavy atom. The van der Waals surface area contributed by atoms with Crippen molar-refractivity contribution in [2.75, 3.05) is 31.2 Å². The Hall–Kier alpha value is -5.52. The average Bonchev–Trinajstić information content (AvgIpc) is 3.98. The van der Waals surface area contributed by atoms with E-state index in [1.165, 1.54) is 53.8 Å². The summed E-state index contributed by atoms with van der Waals surface area (Å²) in [5.74, 6) is 0.0343. The van der Waals surface area contributed by atoms with Gasteiger partial charge in [0.25, 0.3) is 0 Å². The fourth-order valence-corrected chi connectivity index (χ4v) is 12.8. The molecule has 0 amide bonds. The molecule has 0 saturated heterocycles. The molecule has 0 saturated carbocycles. The summed E-state index contributed by atoms with van der Waals surface area (Å²) < 4.78 is 20.2. The van der Waals surface area contributed by atoms with Gasteiger partial charge in [0.1, 0.15) is 23.8 Å². The molecule has 0 unspecified atom stereocenters. The van der Waals surface area contributed by atoms with E-state index in [0.717, 1.165) is 77.9 Å². The first-order chi connectivity index (χ1) is 35.3. The van der Waals surface area contributed by atoms with E-state index in [2.05, 4.69) is 159 Å². The summed E-state index contributed by atoms with van der Waals surface area (Å²) >= 11 is 1.80. The number of allylic oxidation sites excluding steroid dienone is 4. The molecule has 74 heavy (non-hydrogen) atoms. The van der Waals surface area contributed by atoms with Gasteiger partial charge in [-0.1, -0.05) is 179 Å². The Kier molecular flexibility index (Phi) is 19.8. The lowest BCUT2D eigenvalue weighted by molar-refractivity contribution is 0.100. The van der Waals surface area contributed by atoms with Crippen LogP contribution in [-0.2, 0) is 32.0 Å². The number of unbranched alkanes of at least 4 members (excludes halogenated alkanes) is 6. The topological polar surface area (TPSA) is 102 Å². The lowest BCUT2D eigenvalue weighted by atomic mass is 9.82. The maximum atomic E-state index is 10.9. The third-order valence-corrected chi connectivity index (χ3v) is 26.2. The lowest BCUT2D eigenvalue weighted by Gasteiger charge is -2.38. The average molecular weight is 1040 g/mol. The van der Waals surface area contributed by atoms with Crippen molar-refractivity contribution >= 4 is 51.9 Å². The second kappa shape index (κ2) is 25.3. The highest BCUT2D eigenvalue weighted by molar-refractivity contribution is 7.14. The molecular formula is C64H82N4O3SSi2. The van der Waals surface area contributed by atoms with Crippen molar-refractivity contribution in [3.63, 3.8) is 0 Å². The highest BCUT2D eigenvalue weighted by Crippen LogP contribution is 2.59. The largest absolute Gasteiger partial charge is 0.469 e. The van der Waals surface area contributed by atoms with Crippen LogP contribution in [0.15, 0.2) is 114 Å². The molecule has 0 N–H and O–H groups in total. The normalized spacial score (nSPS) is 14.5. The van der Waals surface area contributed by atoms with Crippen molar-refractivity contribution in [2.45, 2.75) is 161 Å². The highest BCUT2D eigenvalue weighted by atomic mass is 32.1. The molecule has 7 nitrogen and oxygen atoms in total. The van der Waals surface area contributed by atoms with E-state index in [-0.39, 0.29) is 27.0 Å². The molecule has 0 bridgehead atoms. The lowest BCUT2D eigenvalue weighted by Crippen LogP contribution is -2.44. The second-order valence-electron chi connectivity index (χ2n) is 23.0. The van der Waals surface area contributed by atoms with Crippen LogP contribution in [0.5, 0.6) is 0 Å². The van der Waals surface area contributed by atoms with Crippen LogP contribution < -0.4 is 4.90 Å². The van der Waals surface area contributed by atoms with E-state index in [1.807, 2.05) is 54.6 Å². The summed E-state index contributed by atoms with van der Waals surface area (Å²) in [6.07, 6.45) is 24.3. The van der Waals surface area contributed by atoms with Crippen LogP contribution in [0.4, 0.5) is 5.69 Å². The Morgan fingerprint density at radius 1 is 0.635 bits per heavy atom. The number of anilines is 1. The van der Waals surface area contributed by atoms with Crippen LogP contribution in [0.1, 0.15) is 144 Å². The van der Waals surface area contributed by atoms with Gasteiger partial charge in [0.05, 0.1) is 13.2 Å². The molecule has 0 atom stereocenters. The van der Waals surface area contributed by atoms with Crippen LogP contribution in [0, 0.1) is 34.0 Å². The summed E-state index contributed by atoms with van der Waals surface area (Å²) in [5, 5.41) is 31.5. The van der Waals surface area contributed by atoms with Crippen LogP contribution >= 0.6 is 11.3 Å². The molecule has 3 aromatic carbocycles. The van der Waals surface area contributed by atoms with Crippen LogP contribution in [0.3, 0.4) is 0 Å².